The predicted molar refractivity (Wildman–Crippen MR) is 90.3 cm³/mol. The van der Waals surface area contributed by atoms with Crippen LogP contribution in [-0.2, 0) is 6.42 Å². The van der Waals surface area contributed by atoms with Gasteiger partial charge < -0.3 is 4.42 Å². The Kier molecular flexibility index (Phi) is 3.49. The third kappa shape index (κ3) is 2.55. The third-order valence-corrected chi connectivity index (χ3v) is 4.56. The molecule has 2 nitrogen and oxygen atoms in total. The lowest BCUT2D eigenvalue weighted by Crippen LogP contribution is -2.04. The summed E-state index contributed by atoms with van der Waals surface area (Å²) >= 11 is 1.73. The summed E-state index contributed by atoms with van der Waals surface area (Å²) in [7, 11) is 0. The van der Waals surface area contributed by atoms with Crippen molar-refractivity contribution in [1.29, 1.82) is 0 Å². The van der Waals surface area contributed by atoms with E-state index in [1.165, 1.54) is 11.1 Å². The molecule has 2 aromatic heterocycles. The minimum Gasteiger partial charge on any atom is -0.440 e. The number of nitrogens with zero attached hydrogens (tertiary/aromatic N) is 1. The topological polar surface area (TPSA) is 26.0 Å². The second kappa shape index (κ2) is 5.78. The van der Waals surface area contributed by atoms with Crippen LogP contribution in [-0.4, -0.2) is 4.98 Å². The highest BCUT2D eigenvalue weighted by Crippen LogP contribution is 2.30. The predicted octanol–water partition coefficient (Wildman–Crippen LogP) is 5.26. The molecule has 1 atom stereocenters. The zero-order valence-corrected chi connectivity index (χ0v) is 12.8. The van der Waals surface area contributed by atoms with Crippen LogP contribution in [0.1, 0.15) is 22.9 Å². The summed E-state index contributed by atoms with van der Waals surface area (Å²) in [5, 5.41) is 4.31. The van der Waals surface area contributed by atoms with Gasteiger partial charge in [0.15, 0.2) is 5.58 Å². The highest BCUT2D eigenvalue weighted by Gasteiger charge is 2.21. The van der Waals surface area contributed by atoms with E-state index in [0.29, 0.717) is 0 Å². The molecule has 22 heavy (non-hydrogen) atoms. The molecule has 0 saturated heterocycles. The van der Waals surface area contributed by atoms with Gasteiger partial charge in [-0.1, -0.05) is 42.5 Å². The van der Waals surface area contributed by atoms with Crippen LogP contribution in [0.5, 0.6) is 0 Å². The average Bonchev–Trinajstić information content (AvgIpc) is 3.22. The molecule has 0 aliphatic carbocycles. The van der Waals surface area contributed by atoms with Crippen molar-refractivity contribution in [2.45, 2.75) is 12.3 Å². The van der Waals surface area contributed by atoms with Gasteiger partial charge in [-0.25, -0.2) is 4.98 Å². The van der Waals surface area contributed by atoms with Gasteiger partial charge in [0.25, 0.3) is 0 Å². The number of hydrogen-bond donors (Lipinski definition) is 0. The maximum atomic E-state index is 6.03. The van der Waals surface area contributed by atoms with E-state index in [-0.39, 0.29) is 5.92 Å². The summed E-state index contributed by atoms with van der Waals surface area (Å²) in [6, 6.07) is 20.6. The average molecular weight is 305 g/mol. The number of para-hydroxylation sites is 2. The van der Waals surface area contributed by atoms with Gasteiger partial charge in [0.1, 0.15) is 5.52 Å². The summed E-state index contributed by atoms with van der Waals surface area (Å²) in [5.41, 5.74) is 4.33. The van der Waals surface area contributed by atoms with Crippen molar-refractivity contribution < 1.29 is 4.42 Å². The Labute approximate surface area is 133 Å². The van der Waals surface area contributed by atoms with Gasteiger partial charge >= 0.3 is 0 Å². The van der Waals surface area contributed by atoms with E-state index in [9.17, 15) is 0 Å². The standard InChI is InChI=1S/C19H15NOS/c1-2-6-15(7-3-1)16(12-14-10-11-22-13-14)19-20-17-8-4-5-9-18(17)21-19/h1-11,13,16H,12H2. The van der Waals surface area contributed by atoms with Gasteiger partial charge in [-0.2, -0.15) is 11.3 Å². The molecule has 2 heterocycles. The van der Waals surface area contributed by atoms with Crippen molar-refractivity contribution in [3.63, 3.8) is 0 Å². The fraction of sp³-hybridized carbons (Fsp3) is 0.105. The number of rotatable bonds is 4. The molecule has 0 amide bonds. The lowest BCUT2D eigenvalue weighted by Gasteiger charge is -2.13. The maximum absolute atomic E-state index is 6.03. The van der Waals surface area contributed by atoms with Crippen LogP contribution in [0, 0.1) is 0 Å². The van der Waals surface area contributed by atoms with Crippen LogP contribution in [0.2, 0.25) is 0 Å². The van der Waals surface area contributed by atoms with Crippen molar-refractivity contribution in [3.8, 4) is 0 Å². The van der Waals surface area contributed by atoms with Gasteiger partial charge in [-0.15, -0.1) is 0 Å². The summed E-state index contributed by atoms with van der Waals surface area (Å²) in [6.45, 7) is 0. The fourth-order valence-corrected chi connectivity index (χ4v) is 3.40. The van der Waals surface area contributed by atoms with E-state index in [2.05, 4.69) is 41.1 Å². The Balaban J connectivity index is 1.79. The molecule has 0 spiro atoms. The van der Waals surface area contributed by atoms with Crippen molar-refractivity contribution in [1.82, 2.24) is 4.98 Å². The number of aromatic nitrogens is 1. The number of hydrogen-bond acceptors (Lipinski definition) is 3. The molecule has 0 aliphatic heterocycles. The van der Waals surface area contributed by atoms with E-state index in [1.54, 1.807) is 11.3 Å². The largest absolute Gasteiger partial charge is 0.440 e. The minimum atomic E-state index is 0.142. The molecule has 0 aliphatic rings. The third-order valence-electron chi connectivity index (χ3n) is 3.83. The quantitative estimate of drug-likeness (QED) is 0.514. The van der Waals surface area contributed by atoms with Crippen LogP contribution < -0.4 is 0 Å². The Morgan fingerprint density at radius 2 is 1.77 bits per heavy atom. The van der Waals surface area contributed by atoms with Crippen LogP contribution >= 0.6 is 11.3 Å². The normalized spacial score (nSPS) is 12.5. The van der Waals surface area contributed by atoms with Crippen LogP contribution in [0.15, 0.2) is 75.8 Å². The van der Waals surface area contributed by atoms with Crippen molar-refractivity contribution in [3.05, 3.63) is 88.4 Å². The number of fused-ring (bicyclic) bond motifs is 1. The highest BCUT2D eigenvalue weighted by molar-refractivity contribution is 7.07. The first-order valence-electron chi connectivity index (χ1n) is 7.31. The Morgan fingerprint density at radius 1 is 0.955 bits per heavy atom. The second-order valence-electron chi connectivity index (χ2n) is 5.32. The second-order valence-corrected chi connectivity index (χ2v) is 6.10. The van der Waals surface area contributed by atoms with Crippen molar-refractivity contribution in [2.24, 2.45) is 0 Å². The molecule has 4 aromatic rings. The van der Waals surface area contributed by atoms with Gasteiger partial charge in [0.05, 0.1) is 5.92 Å². The minimum absolute atomic E-state index is 0.142. The Hall–Kier alpha value is -2.39. The molecule has 0 fully saturated rings. The first-order valence-corrected chi connectivity index (χ1v) is 8.26. The number of oxazole rings is 1. The molecule has 0 radical (unpaired) electrons. The van der Waals surface area contributed by atoms with E-state index in [1.807, 2.05) is 30.3 Å². The lowest BCUT2D eigenvalue weighted by molar-refractivity contribution is 0.497. The van der Waals surface area contributed by atoms with Gasteiger partial charge in [-0.05, 0) is 46.5 Å². The number of benzene rings is 2. The van der Waals surface area contributed by atoms with Crippen LogP contribution in [0.25, 0.3) is 11.1 Å². The number of thiophene rings is 1. The summed E-state index contributed by atoms with van der Waals surface area (Å²) in [6.07, 6.45) is 0.903. The zero-order chi connectivity index (χ0) is 14.8. The smallest absolute Gasteiger partial charge is 0.203 e. The maximum Gasteiger partial charge on any atom is 0.203 e. The van der Waals surface area contributed by atoms with Gasteiger partial charge in [0.2, 0.25) is 5.89 Å². The molecule has 3 heteroatoms. The van der Waals surface area contributed by atoms with E-state index >= 15 is 0 Å². The zero-order valence-electron chi connectivity index (χ0n) is 12.0. The van der Waals surface area contributed by atoms with Crippen LogP contribution in [0.4, 0.5) is 0 Å². The van der Waals surface area contributed by atoms with E-state index < -0.39 is 0 Å². The molecule has 0 N–H and O–H groups in total. The van der Waals surface area contributed by atoms with Gasteiger partial charge in [0, 0.05) is 0 Å². The SMILES string of the molecule is c1ccc(C(Cc2ccsc2)c2nc3ccccc3o2)cc1. The Bertz CT molecular complexity index is 832. The summed E-state index contributed by atoms with van der Waals surface area (Å²) in [4.78, 5) is 4.71. The van der Waals surface area contributed by atoms with Crippen LogP contribution in [0.3, 0.4) is 0 Å². The molecular formula is C19H15NOS. The first kappa shape index (κ1) is 13.3. The molecule has 108 valence electrons. The van der Waals surface area contributed by atoms with E-state index in [4.69, 9.17) is 9.40 Å². The highest BCUT2D eigenvalue weighted by atomic mass is 32.1. The molecule has 2 aromatic carbocycles. The van der Waals surface area contributed by atoms with E-state index in [0.717, 1.165) is 23.4 Å². The Morgan fingerprint density at radius 3 is 2.55 bits per heavy atom. The molecule has 0 saturated carbocycles. The lowest BCUT2D eigenvalue weighted by atomic mass is 9.93. The monoisotopic (exact) mass is 305 g/mol. The molecule has 0 bridgehead atoms. The summed E-state index contributed by atoms with van der Waals surface area (Å²) in [5.74, 6) is 0.932. The van der Waals surface area contributed by atoms with Crippen molar-refractivity contribution in [2.75, 3.05) is 0 Å². The molecule has 1 unspecified atom stereocenters. The van der Waals surface area contributed by atoms with Gasteiger partial charge in [-0.3, -0.25) is 0 Å². The molecular weight excluding hydrogens is 290 g/mol. The van der Waals surface area contributed by atoms with Crippen molar-refractivity contribution >= 4 is 22.4 Å². The molecule has 4 rings (SSSR count). The summed E-state index contributed by atoms with van der Waals surface area (Å²) < 4.78 is 6.03. The first-order chi connectivity index (χ1) is 10.9. The fourth-order valence-electron chi connectivity index (χ4n) is 2.72.